The van der Waals surface area contributed by atoms with Gasteiger partial charge in [0.25, 0.3) is 0 Å². The molecular weight excluding hydrogens is 212 g/mol. The number of rotatable bonds is 5. The van der Waals surface area contributed by atoms with Crippen molar-refractivity contribution in [2.75, 3.05) is 11.5 Å². The molecule has 0 aliphatic carbocycles. The molecule has 0 aromatic carbocycles. The van der Waals surface area contributed by atoms with E-state index in [4.69, 9.17) is 0 Å². The van der Waals surface area contributed by atoms with Crippen LogP contribution in [-0.2, 0) is 14.6 Å². The van der Waals surface area contributed by atoms with Crippen molar-refractivity contribution in [2.45, 2.75) is 20.8 Å². The molecule has 0 saturated heterocycles. The van der Waals surface area contributed by atoms with Gasteiger partial charge in [-0.15, -0.1) is 5.92 Å². The van der Waals surface area contributed by atoms with Gasteiger partial charge in [0.15, 0.2) is 15.6 Å². The predicted molar refractivity (Wildman–Crippen MR) is 61.1 cm³/mol. The van der Waals surface area contributed by atoms with Crippen LogP contribution in [0.3, 0.4) is 0 Å². The van der Waals surface area contributed by atoms with Gasteiger partial charge < -0.3 is 0 Å². The maximum Gasteiger partial charge on any atom is 0.165 e. The SMILES string of the molecule is CC#CCS(=O)(=O)C/C=C/C(=O)C(C)C. The van der Waals surface area contributed by atoms with Crippen molar-refractivity contribution in [3.8, 4) is 11.8 Å². The Balaban J connectivity index is 4.25. The average molecular weight is 228 g/mol. The molecule has 0 rings (SSSR count). The summed E-state index contributed by atoms with van der Waals surface area (Å²) in [6.07, 6.45) is 2.70. The number of hydrogen-bond donors (Lipinski definition) is 0. The van der Waals surface area contributed by atoms with Gasteiger partial charge in [-0.25, -0.2) is 8.42 Å². The molecule has 0 amide bonds. The van der Waals surface area contributed by atoms with Crippen molar-refractivity contribution in [3.63, 3.8) is 0 Å². The van der Waals surface area contributed by atoms with E-state index in [1.165, 1.54) is 12.2 Å². The summed E-state index contributed by atoms with van der Waals surface area (Å²) in [5, 5.41) is 0. The van der Waals surface area contributed by atoms with Gasteiger partial charge in [-0.3, -0.25) is 4.79 Å². The summed E-state index contributed by atoms with van der Waals surface area (Å²) >= 11 is 0. The van der Waals surface area contributed by atoms with E-state index < -0.39 is 9.84 Å². The van der Waals surface area contributed by atoms with Crippen LogP contribution in [0.15, 0.2) is 12.2 Å². The van der Waals surface area contributed by atoms with Crippen LogP contribution in [0.2, 0.25) is 0 Å². The maximum absolute atomic E-state index is 11.3. The lowest BCUT2D eigenvalue weighted by atomic mass is 10.1. The van der Waals surface area contributed by atoms with Crippen molar-refractivity contribution >= 4 is 15.6 Å². The minimum absolute atomic E-state index is 0.0632. The van der Waals surface area contributed by atoms with Gasteiger partial charge in [-0.1, -0.05) is 25.8 Å². The molecule has 0 aromatic rings. The Labute approximate surface area is 91.5 Å². The van der Waals surface area contributed by atoms with Crippen molar-refractivity contribution < 1.29 is 13.2 Å². The highest BCUT2D eigenvalue weighted by Gasteiger charge is 2.07. The molecule has 3 nitrogen and oxygen atoms in total. The molecule has 0 heterocycles. The van der Waals surface area contributed by atoms with E-state index in [1.807, 2.05) is 0 Å². The fraction of sp³-hybridized carbons (Fsp3) is 0.545. The van der Waals surface area contributed by atoms with E-state index in [2.05, 4.69) is 11.8 Å². The van der Waals surface area contributed by atoms with Crippen molar-refractivity contribution in [1.82, 2.24) is 0 Å². The van der Waals surface area contributed by atoms with Gasteiger partial charge in [0, 0.05) is 5.92 Å². The highest BCUT2D eigenvalue weighted by atomic mass is 32.2. The first kappa shape index (κ1) is 13.9. The second kappa shape index (κ2) is 6.41. The third kappa shape index (κ3) is 6.92. The van der Waals surface area contributed by atoms with E-state index >= 15 is 0 Å². The lowest BCUT2D eigenvalue weighted by Crippen LogP contribution is -2.09. The van der Waals surface area contributed by atoms with E-state index in [1.54, 1.807) is 20.8 Å². The summed E-state index contributed by atoms with van der Waals surface area (Å²) in [4.78, 5) is 11.1. The van der Waals surface area contributed by atoms with Gasteiger partial charge in [0.2, 0.25) is 0 Å². The van der Waals surface area contributed by atoms with Crippen LogP contribution < -0.4 is 0 Å². The largest absolute Gasteiger partial charge is 0.295 e. The minimum Gasteiger partial charge on any atom is -0.295 e. The van der Waals surface area contributed by atoms with Crippen LogP contribution in [0.5, 0.6) is 0 Å². The van der Waals surface area contributed by atoms with Crippen LogP contribution in [0.1, 0.15) is 20.8 Å². The topological polar surface area (TPSA) is 51.2 Å². The zero-order valence-electron chi connectivity index (χ0n) is 9.28. The molecule has 0 atom stereocenters. The van der Waals surface area contributed by atoms with E-state index in [0.717, 1.165) is 0 Å². The van der Waals surface area contributed by atoms with Gasteiger partial charge in [0.05, 0.1) is 5.75 Å². The molecule has 4 heteroatoms. The molecule has 0 unspecified atom stereocenters. The summed E-state index contributed by atoms with van der Waals surface area (Å²) in [6, 6.07) is 0. The first-order valence-corrected chi connectivity index (χ1v) is 6.51. The Bertz CT molecular complexity index is 391. The number of sulfone groups is 1. The van der Waals surface area contributed by atoms with E-state index in [-0.39, 0.29) is 23.2 Å². The fourth-order valence-electron chi connectivity index (χ4n) is 0.744. The van der Waals surface area contributed by atoms with Crippen molar-refractivity contribution in [1.29, 1.82) is 0 Å². The Hall–Kier alpha value is -1.08. The molecule has 0 aliphatic heterocycles. The smallest absolute Gasteiger partial charge is 0.165 e. The Kier molecular flexibility index (Phi) is 5.95. The van der Waals surface area contributed by atoms with Crippen LogP contribution in [-0.4, -0.2) is 25.7 Å². The van der Waals surface area contributed by atoms with Crippen molar-refractivity contribution in [3.05, 3.63) is 12.2 Å². The molecule has 0 radical (unpaired) electrons. The van der Waals surface area contributed by atoms with Crippen LogP contribution in [0.4, 0.5) is 0 Å². The summed E-state index contributed by atoms with van der Waals surface area (Å²) in [5.41, 5.74) is 0. The summed E-state index contributed by atoms with van der Waals surface area (Å²) in [5.74, 6) is 4.58. The van der Waals surface area contributed by atoms with E-state index in [0.29, 0.717) is 0 Å². The summed E-state index contributed by atoms with van der Waals surface area (Å²) < 4.78 is 22.6. The first-order valence-electron chi connectivity index (χ1n) is 4.69. The standard InChI is InChI=1S/C11H16O3S/c1-4-5-8-15(13,14)9-6-7-11(12)10(2)3/h6-7,10H,8-9H2,1-3H3/b7-6+. The summed E-state index contributed by atoms with van der Waals surface area (Å²) in [6.45, 7) is 5.13. The lowest BCUT2D eigenvalue weighted by molar-refractivity contribution is -0.117. The molecule has 0 fully saturated rings. The van der Waals surface area contributed by atoms with Crippen LogP contribution in [0, 0.1) is 17.8 Å². The zero-order chi connectivity index (χ0) is 11.9. The zero-order valence-corrected chi connectivity index (χ0v) is 10.1. The second-order valence-corrected chi connectivity index (χ2v) is 5.55. The first-order chi connectivity index (χ1) is 6.89. The quantitative estimate of drug-likeness (QED) is 0.525. The predicted octanol–water partition coefficient (Wildman–Crippen LogP) is 1.21. The number of allylic oxidation sites excluding steroid dienone is 1. The Morgan fingerprint density at radius 3 is 2.47 bits per heavy atom. The number of hydrogen-bond acceptors (Lipinski definition) is 3. The van der Waals surface area contributed by atoms with Crippen molar-refractivity contribution in [2.24, 2.45) is 5.92 Å². The third-order valence-corrected chi connectivity index (χ3v) is 2.95. The molecule has 15 heavy (non-hydrogen) atoms. The maximum atomic E-state index is 11.3. The molecule has 0 N–H and O–H groups in total. The Morgan fingerprint density at radius 1 is 1.40 bits per heavy atom. The molecule has 0 bridgehead atoms. The van der Waals surface area contributed by atoms with Crippen LogP contribution >= 0.6 is 0 Å². The molecule has 0 saturated carbocycles. The fourth-order valence-corrected chi connectivity index (χ4v) is 1.62. The van der Waals surface area contributed by atoms with Gasteiger partial charge in [-0.2, -0.15) is 0 Å². The van der Waals surface area contributed by atoms with E-state index in [9.17, 15) is 13.2 Å². The molecule has 0 aliphatic rings. The molecule has 84 valence electrons. The highest BCUT2D eigenvalue weighted by Crippen LogP contribution is 1.97. The monoisotopic (exact) mass is 228 g/mol. The summed E-state index contributed by atoms with van der Waals surface area (Å²) in [7, 11) is -3.18. The molecular formula is C11H16O3S. The number of carbonyl (C=O) groups is 1. The normalized spacial score (nSPS) is 11.5. The number of carbonyl (C=O) groups excluding carboxylic acids is 1. The van der Waals surface area contributed by atoms with Gasteiger partial charge >= 0.3 is 0 Å². The second-order valence-electron chi connectivity index (χ2n) is 3.44. The average Bonchev–Trinajstić information content (AvgIpc) is 2.14. The van der Waals surface area contributed by atoms with Crippen LogP contribution in [0.25, 0.3) is 0 Å². The molecule has 0 aromatic heterocycles. The Morgan fingerprint density at radius 2 is 2.00 bits per heavy atom. The van der Waals surface area contributed by atoms with Gasteiger partial charge in [0.1, 0.15) is 5.75 Å². The number of ketones is 1. The highest BCUT2D eigenvalue weighted by molar-refractivity contribution is 7.91. The lowest BCUT2D eigenvalue weighted by Gasteiger charge is -1.97. The third-order valence-electron chi connectivity index (χ3n) is 1.67. The molecule has 0 spiro atoms. The van der Waals surface area contributed by atoms with Gasteiger partial charge in [-0.05, 0) is 13.0 Å². The minimum atomic E-state index is -3.18.